The molecule has 0 saturated carbocycles. The van der Waals surface area contributed by atoms with Crippen molar-refractivity contribution in [3.63, 3.8) is 0 Å². The summed E-state index contributed by atoms with van der Waals surface area (Å²) in [4.78, 5) is 26.6. The maximum absolute atomic E-state index is 13.7. The Morgan fingerprint density at radius 3 is 2.58 bits per heavy atom. The number of carbonyl (C=O) groups is 2. The molecule has 0 aliphatic carbocycles. The van der Waals surface area contributed by atoms with Crippen molar-refractivity contribution < 1.29 is 18.9 Å². The molecule has 2 amide bonds. The maximum Gasteiger partial charge on any atom is 0.279 e. The van der Waals surface area contributed by atoms with Crippen molar-refractivity contribution in [2.75, 3.05) is 30.4 Å². The van der Waals surface area contributed by atoms with E-state index < -0.39 is 0 Å². The van der Waals surface area contributed by atoms with Gasteiger partial charge in [-0.2, -0.15) is 0 Å². The Bertz CT molecular complexity index is 792. The largest absolute Gasteiger partial charge is 0.326 e. The van der Waals surface area contributed by atoms with Crippen LogP contribution in [0.5, 0.6) is 0 Å². The lowest BCUT2D eigenvalue weighted by Gasteiger charge is -2.17. The van der Waals surface area contributed by atoms with Crippen molar-refractivity contribution in [1.29, 1.82) is 0 Å². The molecule has 0 spiro atoms. The number of nitrogens with one attached hydrogen (secondary N) is 2. The van der Waals surface area contributed by atoms with Crippen molar-refractivity contribution in [3.05, 3.63) is 59.9 Å². The highest BCUT2D eigenvalue weighted by Crippen LogP contribution is 2.22. The molecular weight excluding hydrogens is 333 g/mol. The Morgan fingerprint density at radius 2 is 1.92 bits per heavy atom. The minimum atomic E-state index is -0.251. The minimum absolute atomic E-state index is 0.135. The monoisotopic (exact) mass is 356 g/mol. The fourth-order valence-electron chi connectivity index (χ4n) is 3.15. The lowest BCUT2D eigenvalue weighted by Crippen LogP contribution is -3.08. The van der Waals surface area contributed by atoms with Crippen LogP contribution in [0.25, 0.3) is 0 Å². The SMILES string of the molecule is C[NH+](CC(=O)Nc1ccc(N2CCCC2=O)cc1)Cc1ccccc1F. The number of benzene rings is 2. The number of amides is 2. The van der Waals surface area contributed by atoms with Gasteiger partial charge in [-0.1, -0.05) is 18.2 Å². The molecule has 5 nitrogen and oxygen atoms in total. The smallest absolute Gasteiger partial charge is 0.279 e. The fourth-order valence-corrected chi connectivity index (χ4v) is 3.15. The number of rotatable bonds is 6. The summed E-state index contributed by atoms with van der Waals surface area (Å²) in [5.41, 5.74) is 2.13. The van der Waals surface area contributed by atoms with Gasteiger partial charge in [-0.25, -0.2) is 4.39 Å². The first-order valence-corrected chi connectivity index (χ1v) is 8.78. The molecule has 2 aromatic carbocycles. The van der Waals surface area contributed by atoms with Gasteiger partial charge in [-0.05, 0) is 36.8 Å². The summed E-state index contributed by atoms with van der Waals surface area (Å²) in [5, 5.41) is 2.85. The zero-order valence-electron chi connectivity index (χ0n) is 14.8. The summed E-state index contributed by atoms with van der Waals surface area (Å²) in [7, 11) is 1.86. The second-order valence-electron chi connectivity index (χ2n) is 6.65. The normalized spacial score (nSPS) is 15.2. The second kappa shape index (κ2) is 8.10. The zero-order chi connectivity index (χ0) is 18.5. The Hall–Kier alpha value is -2.73. The number of hydrogen-bond donors (Lipinski definition) is 2. The van der Waals surface area contributed by atoms with Gasteiger partial charge >= 0.3 is 0 Å². The summed E-state index contributed by atoms with van der Waals surface area (Å²) in [6.07, 6.45) is 1.48. The number of halogens is 1. The fraction of sp³-hybridized carbons (Fsp3) is 0.300. The van der Waals surface area contributed by atoms with Crippen LogP contribution in [0.3, 0.4) is 0 Å². The van der Waals surface area contributed by atoms with Gasteiger partial charge in [0.05, 0.1) is 7.05 Å². The first-order chi connectivity index (χ1) is 12.5. The lowest BCUT2D eigenvalue weighted by molar-refractivity contribution is -0.885. The summed E-state index contributed by atoms with van der Waals surface area (Å²) in [6.45, 7) is 1.42. The van der Waals surface area contributed by atoms with Crippen LogP contribution < -0.4 is 15.1 Å². The number of carbonyl (C=O) groups excluding carboxylic acids is 2. The number of hydrogen-bond acceptors (Lipinski definition) is 2. The van der Waals surface area contributed by atoms with Gasteiger partial charge in [0.1, 0.15) is 12.4 Å². The van der Waals surface area contributed by atoms with Crippen molar-refractivity contribution in [2.45, 2.75) is 19.4 Å². The van der Waals surface area contributed by atoms with Crippen molar-refractivity contribution in [1.82, 2.24) is 0 Å². The van der Waals surface area contributed by atoms with E-state index in [1.807, 2.05) is 19.2 Å². The molecule has 6 heteroatoms. The Labute approximate surface area is 152 Å². The van der Waals surface area contributed by atoms with Crippen LogP contribution in [0.2, 0.25) is 0 Å². The van der Waals surface area contributed by atoms with Gasteiger partial charge in [0.15, 0.2) is 6.54 Å². The van der Waals surface area contributed by atoms with Gasteiger partial charge in [-0.3, -0.25) is 9.59 Å². The summed E-state index contributed by atoms with van der Waals surface area (Å²) in [5.74, 6) is -0.247. The van der Waals surface area contributed by atoms with E-state index in [-0.39, 0.29) is 24.2 Å². The van der Waals surface area contributed by atoms with Crippen LogP contribution in [-0.2, 0) is 16.1 Å². The molecule has 1 aliphatic heterocycles. The molecule has 1 heterocycles. The molecule has 1 fully saturated rings. The van der Waals surface area contributed by atoms with Gasteiger partial charge in [0.2, 0.25) is 5.91 Å². The number of nitrogens with zero attached hydrogens (tertiary/aromatic N) is 1. The molecule has 26 heavy (non-hydrogen) atoms. The predicted molar refractivity (Wildman–Crippen MR) is 98.5 cm³/mol. The third kappa shape index (κ3) is 4.46. The van der Waals surface area contributed by atoms with Crippen molar-refractivity contribution >= 4 is 23.2 Å². The van der Waals surface area contributed by atoms with E-state index in [2.05, 4.69) is 5.32 Å². The van der Waals surface area contributed by atoms with Gasteiger partial charge in [-0.15, -0.1) is 0 Å². The first-order valence-electron chi connectivity index (χ1n) is 8.78. The highest BCUT2D eigenvalue weighted by atomic mass is 19.1. The first kappa shape index (κ1) is 18.1. The van der Waals surface area contributed by atoms with Crippen LogP contribution in [0.4, 0.5) is 15.8 Å². The molecule has 1 unspecified atom stereocenters. The van der Waals surface area contributed by atoms with Gasteiger partial charge in [0, 0.05) is 29.9 Å². The average molecular weight is 356 g/mol. The predicted octanol–water partition coefficient (Wildman–Crippen LogP) is 1.61. The van der Waals surface area contributed by atoms with Crippen molar-refractivity contribution in [2.24, 2.45) is 0 Å². The standard InChI is InChI=1S/C20H22FN3O2/c1-23(13-15-5-2-3-6-18(15)21)14-19(25)22-16-8-10-17(11-9-16)24-12-4-7-20(24)26/h2-3,5-6,8-11H,4,7,12-14H2,1H3,(H,22,25)/p+1. The third-order valence-electron chi connectivity index (χ3n) is 4.45. The highest BCUT2D eigenvalue weighted by Gasteiger charge is 2.21. The van der Waals surface area contributed by atoms with Gasteiger partial charge in [0.25, 0.3) is 5.91 Å². The summed E-state index contributed by atoms with van der Waals surface area (Å²) < 4.78 is 13.7. The molecule has 1 atom stereocenters. The van der Waals surface area contributed by atoms with Crippen LogP contribution in [-0.4, -0.2) is 32.0 Å². The van der Waals surface area contributed by atoms with Crippen LogP contribution >= 0.6 is 0 Å². The van der Waals surface area contributed by atoms with Crippen LogP contribution in [0.15, 0.2) is 48.5 Å². The van der Waals surface area contributed by atoms with E-state index in [0.717, 1.165) is 23.6 Å². The topological polar surface area (TPSA) is 53.9 Å². The molecule has 0 aromatic heterocycles. The van der Waals surface area contributed by atoms with Crippen molar-refractivity contribution in [3.8, 4) is 0 Å². The molecular formula is C20H23FN3O2+. The molecule has 0 radical (unpaired) electrons. The van der Waals surface area contributed by atoms with E-state index in [1.54, 1.807) is 35.2 Å². The number of quaternary nitrogens is 1. The summed E-state index contributed by atoms with van der Waals surface area (Å²) >= 11 is 0. The molecule has 1 saturated heterocycles. The lowest BCUT2D eigenvalue weighted by atomic mass is 10.2. The molecule has 2 N–H and O–H groups in total. The Balaban J connectivity index is 1.53. The van der Waals surface area contributed by atoms with E-state index in [9.17, 15) is 14.0 Å². The molecule has 1 aliphatic rings. The quantitative estimate of drug-likeness (QED) is 0.826. The highest BCUT2D eigenvalue weighted by molar-refractivity contribution is 5.96. The van der Waals surface area contributed by atoms with E-state index >= 15 is 0 Å². The summed E-state index contributed by atoms with van der Waals surface area (Å²) in [6, 6.07) is 13.9. The Kier molecular flexibility index (Phi) is 5.63. The maximum atomic E-state index is 13.7. The van der Waals surface area contributed by atoms with Crippen LogP contribution in [0, 0.1) is 5.82 Å². The van der Waals surface area contributed by atoms with Gasteiger partial charge < -0.3 is 15.1 Å². The van der Waals surface area contributed by atoms with E-state index in [0.29, 0.717) is 24.2 Å². The molecule has 0 bridgehead atoms. The van der Waals surface area contributed by atoms with Crippen LogP contribution in [0.1, 0.15) is 18.4 Å². The minimum Gasteiger partial charge on any atom is -0.326 e. The average Bonchev–Trinajstić information content (AvgIpc) is 3.03. The molecule has 3 rings (SSSR count). The van der Waals surface area contributed by atoms with E-state index in [1.165, 1.54) is 6.07 Å². The molecule has 2 aromatic rings. The third-order valence-corrected chi connectivity index (χ3v) is 4.45. The molecule has 136 valence electrons. The Morgan fingerprint density at radius 1 is 1.19 bits per heavy atom. The van der Waals surface area contributed by atoms with E-state index in [4.69, 9.17) is 0 Å². The zero-order valence-corrected chi connectivity index (χ0v) is 14.8. The number of anilines is 2. The second-order valence-corrected chi connectivity index (χ2v) is 6.65. The number of likely N-dealkylation sites (N-methyl/N-ethyl adjacent to an activating group) is 1.